The van der Waals surface area contributed by atoms with Crippen molar-refractivity contribution in [3.8, 4) is 11.1 Å². The minimum absolute atomic E-state index is 0.0824. The van der Waals surface area contributed by atoms with E-state index in [1.165, 1.54) is 19.1 Å². The molecule has 0 saturated carbocycles. The van der Waals surface area contributed by atoms with E-state index >= 15 is 0 Å². The Bertz CT molecular complexity index is 1090. The van der Waals surface area contributed by atoms with Crippen molar-refractivity contribution in [3.05, 3.63) is 88.7 Å². The van der Waals surface area contributed by atoms with Crippen molar-refractivity contribution in [1.29, 1.82) is 0 Å². The molecular formula is C23H19F3N2O2. The smallest absolute Gasteiger partial charge is 0.346 e. The zero-order valence-corrected chi connectivity index (χ0v) is 16.4. The van der Waals surface area contributed by atoms with Crippen molar-refractivity contribution in [2.45, 2.75) is 26.6 Å². The molecular weight excluding hydrogens is 393 g/mol. The lowest BCUT2D eigenvalue weighted by Crippen LogP contribution is -2.24. The number of hydrogen-bond acceptors (Lipinski definition) is 3. The zero-order chi connectivity index (χ0) is 21.9. The molecule has 0 unspecified atom stereocenters. The van der Waals surface area contributed by atoms with Gasteiger partial charge in [0.05, 0.1) is 17.8 Å². The number of pyridine rings is 1. The van der Waals surface area contributed by atoms with E-state index in [1.807, 2.05) is 0 Å². The Labute approximate surface area is 171 Å². The van der Waals surface area contributed by atoms with Gasteiger partial charge in [0, 0.05) is 16.8 Å². The van der Waals surface area contributed by atoms with E-state index in [0.717, 1.165) is 12.1 Å². The van der Waals surface area contributed by atoms with Gasteiger partial charge in [-0.2, -0.15) is 13.2 Å². The Morgan fingerprint density at radius 2 is 1.60 bits per heavy atom. The third kappa shape index (κ3) is 4.74. The van der Waals surface area contributed by atoms with Crippen LogP contribution in [-0.4, -0.2) is 16.7 Å². The Morgan fingerprint density at radius 1 is 0.933 bits per heavy atom. The normalized spacial score (nSPS) is 11.2. The first kappa shape index (κ1) is 21.2. The zero-order valence-electron chi connectivity index (χ0n) is 16.4. The fourth-order valence-electron chi connectivity index (χ4n) is 3.12. The lowest BCUT2D eigenvalue weighted by molar-refractivity contribution is -0.137. The number of amides is 1. The SMILES string of the molecule is CC(=O)c1ccc(CNC(=O)c2ccccc2-c2ccc(C(F)(F)F)cc2)nc1C. The highest BCUT2D eigenvalue weighted by Crippen LogP contribution is 2.31. The molecule has 154 valence electrons. The summed E-state index contributed by atoms with van der Waals surface area (Å²) in [5.74, 6) is -0.457. The van der Waals surface area contributed by atoms with Crippen LogP contribution in [0.25, 0.3) is 11.1 Å². The first-order valence-electron chi connectivity index (χ1n) is 9.19. The van der Waals surface area contributed by atoms with Crippen LogP contribution in [0, 0.1) is 6.92 Å². The summed E-state index contributed by atoms with van der Waals surface area (Å²) in [6, 6.07) is 14.7. The molecule has 30 heavy (non-hydrogen) atoms. The maximum Gasteiger partial charge on any atom is 0.416 e. The van der Waals surface area contributed by atoms with Gasteiger partial charge in [0.2, 0.25) is 0 Å². The Balaban J connectivity index is 1.79. The van der Waals surface area contributed by atoms with Crippen LogP contribution in [0.4, 0.5) is 13.2 Å². The largest absolute Gasteiger partial charge is 0.416 e. The predicted molar refractivity (Wildman–Crippen MR) is 107 cm³/mol. The number of carbonyl (C=O) groups is 2. The molecule has 2 aromatic carbocycles. The third-order valence-corrected chi connectivity index (χ3v) is 4.65. The summed E-state index contributed by atoms with van der Waals surface area (Å²) in [5.41, 5.74) is 2.33. The van der Waals surface area contributed by atoms with Gasteiger partial charge in [-0.15, -0.1) is 0 Å². The number of carbonyl (C=O) groups excluding carboxylic acids is 2. The summed E-state index contributed by atoms with van der Waals surface area (Å²) < 4.78 is 38.4. The van der Waals surface area contributed by atoms with Crippen molar-refractivity contribution in [3.63, 3.8) is 0 Å². The highest BCUT2D eigenvalue weighted by molar-refractivity contribution is 6.00. The summed E-state index contributed by atoms with van der Waals surface area (Å²) in [6.07, 6.45) is -4.42. The second-order valence-corrected chi connectivity index (χ2v) is 6.80. The molecule has 0 saturated heterocycles. The number of rotatable bonds is 5. The van der Waals surface area contributed by atoms with Gasteiger partial charge < -0.3 is 5.32 Å². The van der Waals surface area contributed by atoms with E-state index in [1.54, 1.807) is 43.3 Å². The van der Waals surface area contributed by atoms with Crippen LogP contribution < -0.4 is 5.32 Å². The van der Waals surface area contributed by atoms with E-state index in [0.29, 0.717) is 33.6 Å². The van der Waals surface area contributed by atoms with Crippen LogP contribution >= 0.6 is 0 Å². The summed E-state index contributed by atoms with van der Waals surface area (Å²) in [6.45, 7) is 3.34. The summed E-state index contributed by atoms with van der Waals surface area (Å²) in [5, 5.41) is 2.77. The maximum atomic E-state index is 12.8. The number of aromatic nitrogens is 1. The Hall–Kier alpha value is -3.48. The molecule has 1 aromatic heterocycles. The first-order valence-corrected chi connectivity index (χ1v) is 9.19. The molecule has 0 aliphatic carbocycles. The van der Waals surface area contributed by atoms with Gasteiger partial charge in [-0.3, -0.25) is 14.6 Å². The number of Topliss-reactive ketones (excluding diaryl/α,β-unsaturated/α-hetero) is 1. The van der Waals surface area contributed by atoms with E-state index in [4.69, 9.17) is 0 Å². The van der Waals surface area contributed by atoms with Crippen molar-refractivity contribution in [2.75, 3.05) is 0 Å². The maximum absolute atomic E-state index is 12.8. The second-order valence-electron chi connectivity index (χ2n) is 6.80. The molecule has 0 bridgehead atoms. The number of alkyl halides is 3. The molecule has 0 radical (unpaired) electrons. The van der Waals surface area contributed by atoms with Gasteiger partial charge in [-0.25, -0.2) is 0 Å². The fourth-order valence-corrected chi connectivity index (χ4v) is 3.12. The number of aryl methyl sites for hydroxylation is 1. The third-order valence-electron chi connectivity index (χ3n) is 4.65. The number of nitrogens with zero attached hydrogens (tertiary/aromatic N) is 1. The molecule has 0 aliphatic rings. The van der Waals surface area contributed by atoms with Crippen molar-refractivity contribution in [1.82, 2.24) is 10.3 Å². The number of hydrogen-bond donors (Lipinski definition) is 1. The number of ketones is 1. The molecule has 0 aliphatic heterocycles. The highest BCUT2D eigenvalue weighted by atomic mass is 19.4. The van der Waals surface area contributed by atoms with Gasteiger partial charge in [-0.05, 0) is 55.3 Å². The molecule has 3 aromatic rings. The molecule has 0 atom stereocenters. The average Bonchev–Trinajstić information content (AvgIpc) is 2.71. The van der Waals surface area contributed by atoms with Crippen molar-refractivity contribution >= 4 is 11.7 Å². The Kier molecular flexibility index (Phi) is 6.01. The van der Waals surface area contributed by atoms with Gasteiger partial charge in [-0.1, -0.05) is 30.3 Å². The van der Waals surface area contributed by atoms with Gasteiger partial charge >= 0.3 is 6.18 Å². The van der Waals surface area contributed by atoms with Gasteiger partial charge in [0.25, 0.3) is 5.91 Å². The highest BCUT2D eigenvalue weighted by Gasteiger charge is 2.30. The molecule has 7 heteroatoms. The lowest BCUT2D eigenvalue weighted by atomic mass is 9.98. The van der Waals surface area contributed by atoms with Gasteiger partial charge in [0.1, 0.15) is 0 Å². The fraction of sp³-hybridized carbons (Fsp3) is 0.174. The molecule has 4 nitrogen and oxygen atoms in total. The van der Waals surface area contributed by atoms with Crippen LogP contribution in [0.3, 0.4) is 0 Å². The van der Waals surface area contributed by atoms with Crippen molar-refractivity contribution in [2.24, 2.45) is 0 Å². The number of benzene rings is 2. The van der Waals surface area contributed by atoms with Crippen LogP contribution in [0.1, 0.15) is 44.6 Å². The number of nitrogens with one attached hydrogen (secondary N) is 1. The molecule has 1 amide bonds. The van der Waals surface area contributed by atoms with Crippen LogP contribution in [0.15, 0.2) is 60.7 Å². The predicted octanol–water partition coefficient (Wildman–Crippen LogP) is 5.21. The average molecular weight is 412 g/mol. The molecule has 3 rings (SSSR count). The molecule has 0 spiro atoms. The van der Waals surface area contributed by atoms with E-state index in [2.05, 4.69) is 10.3 Å². The second kappa shape index (κ2) is 8.49. The van der Waals surface area contributed by atoms with Crippen molar-refractivity contribution < 1.29 is 22.8 Å². The first-order chi connectivity index (χ1) is 14.2. The Morgan fingerprint density at radius 3 is 2.20 bits per heavy atom. The molecule has 1 heterocycles. The summed E-state index contributed by atoms with van der Waals surface area (Å²) in [7, 11) is 0. The standard InChI is InChI=1S/C23H19F3N2O2/c1-14-19(15(2)29)12-11-18(28-14)13-27-22(30)21-6-4-3-5-20(21)16-7-9-17(10-8-16)23(24,25)26/h3-12H,13H2,1-2H3,(H,27,30). The molecule has 1 N–H and O–H groups in total. The monoisotopic (exact) mass is 412 g/mol. The minimum Gasteiger partial charge on any atom is -0.346 e. The van der Waals surface area contributed by atoms with E-state index in [-0.39, 0.29) is 18.2 Å². The summed E-state index contributed by atoms with van der Waals surface area (Å²) >= 11 is 0. The topological polar surface area (TPSA) is 59.1 Å². The van der Waals surface area contributed by atoms with E-state index < -0.39 is 11.7 Å². The minimum atomic E-state index is -4.42. The van der Waals surface area contributed by atoms with Gasteiger partial charge in [0.15, 0.2) is 5.78 Å². The summed E-state index contributed by atoms with van der Waals surface area (Å²) in [4.78, 5) is 28.6. The quantitative estimate of drug-likeness (QED) is 0.586. The number of halogens is 3. The van der Waals surface area contributed by atoms with Crippen LogP contribution in [0.2, 0.25) is 0 Å². The van der Waals surface area contributed by atoms with Crippen LogP contribution in [0.5, 0.6) is 0 Å². The van der Waals surface area contributed by atoms with E-state index in [9.17, 15) is 22.8 Å². The van der Waals surface area contributed by atoms with Crippen LogP contribution in [-0.2, 0) is 12.7 Å². The lowest BCUT2D eigenvalue weighted by Gasteiger charge is -2.12. The molecule has 0 fully saturated rings.